The predicted molar refractivity (Wildman–Crippen MR) is 123 cm³/mol. The lowest BCUT2D eigenvalue weighted by Gasteiger charge is -2.26. The molecule has 0 spiro atoms. The number of anilines is 1. The largest absolute Gasteiger partial charge is 0.465 e. The highest BCUT2D eigenvalue weighted by molar-refractivity contribution is 6.19. The van der Waals surface area contributed by atoms with Crippen LogP contribution in [-0.4, -0.2) is 29.8 Å². The Morgan fingerprint density at radius 3 is 2.39 bits per heavy atom. The van der Waals surface area contributed by atoms with E-state index in [0.717, 1.165) is 46.5 Å². The maximum absolute atomic E-state index is 12.4. The van der Waals surface area contributed by atoms with Crippen LogP contribution >= 0.6 is 0 Å². The number of benzene rings is 2. The third kappa shape index (κ3) is 4.37. The zero-order valence-electron chi connectivity index (χ0n) is 17.8. The molecule has 0 aliphatic carbocycles. The van der Waals surface area contributed by atoms with Crippen molar-refractivity contribution in [2.24, 2.45) is 0 Å². The Hall–Kier alpha value is -3.44. The topological polar surface area (TPSA) is 71.5 Å². The van der Waals surface area contributed by atoms with E-state index in [1.165, 1.54) is 12.7 Å². The fourth-order valence-electron chi connectivity index (χ4n) is 3.98. The smallest absolute Gasteiger partial charge is 0.338 e. The molecule has 1 unspecified atom stereocenters. The number of aryl methyl sites for hydroxylation is 2. The van der Waals surface area contributed by atoms with Gasteiger partial charge >= 0.3 is 5.97 Å². The van der Waals surface area contributed by atoms with Gasteiger partial charge in [-0.25, -0.2) is 4.79 Å². The summed E-state index contributed by atoms with van der Waals surface area (Å²) in [6.07, 6.45) is 5.32. The van der Waals surface area contributed by atoms with Crippen molar-refractivity contribution in [2.45, 2.75) is 25.8 Å². The molecule has 1 atom stereocenters. The van der Waals surface area contributed by atoms with Gasteiger partial charge in [-0.15, -0.1) is 0 Å². The third-order valence-electron chi connectivity index (χ3n) is 5.64. The number of methoxy groups -OCH3 is 1. The van der Waals surface area contributed by atoms with Crippen molar-refractivity contribution in [1.82, 2.24) is 4.98 Å². The van der Waals surface area contributed by atoms with Gasteiger partial charge in [-0.1, -0.05) is 48.5 Å². The number of rotatable bonds is 6. The van der Waals surface area contributed by atoms with Gasteiger partial charge in [0.1, 0.15) is 0 Å². The molecule has 158 valence electrons. The fourth-order valence-corrected chi connectivity index (χ4v) is 3.98. The molecule has 0 bridgehead atoms. The number of carbonyl (C=O) groups is 1. The molecule has 2 aromatic carbocycles. The minimum Gasteiger partial charge on any atom is -0.465 e. The Morgan fingerprint density at radius 2 is 1.74 bits per heavy atom. The SMILES string of the molecule is COC(=O)C1=CC(c2ccc(-c3ccc(CCCO)cc3)cc2)Nc2ccnc(C)c21. The summed E-state index contributed by atoms with van der Waals surface area (Å²) >= 11 is 0. The molecule has 5 nitrogen and oxygen atoms in total. The Balaban J connectivity index is 1.60. The summed E-state index contributed by atoms with van der Waals surface area (Å²) in [5, 5.41) is 12.5. The molecular formula is C26H26N2O3. The predicted octanol–water partition coefficient (Wildman–Crippen LogP) is 4.71. The van der Waals surface area contributed by atoms with Gasteiger partial charge in [0, 0.05) is 29.7 Å². The summed E-state index contributed by atoms with van der Waals surface area (Å²) in [6.45, 7) is 2.10. The summed E-state index contributed by atoms with van der Waals surface area (Å²) < 4.78 is 5.02. The monoisotopic (exact) mass is 414 g/mol. The molecule has 5 heteroatoms. The van der Waals surface area contributed by atoms with Gasteiger partial charge < -0.3 is 15.2 Å². The first-order valence-electron chi connectivity index (χ1n) is 10.4. The van der Waals surface area contributed by atoms with Gasteiger partial charge in [-0.2, -0.15) is 0 Å². The van der Waals surface area contributed by atoms with Gasteiger partial charge in [0.2, 0.25) is 0 Å². The van der Waals surface area contributed by atoms with E-state index in [9.17, 15) is 4.79 Å². The van der Waals surface area contributed by atoms with Crippen LogP contribution < -0.4 is 5.32 Å². The van der Waals surface area contributed by atoms with Gasteiger partial charge in [-0.05, 0) is 54.2 Å². The van der Waals surface area contributed by atoms with Crippen LogP contribution in [0, 0.1) is 6.92 Å². The number of hydrogen-bond acceptors (Lipinski definition) is 5. The van der Waals surface area contributed by atoms with E-state index in [1.807, 2.05) is 19.1 Å². The van der Waals surface area contributed by atoms with Crippen molar-refractivity contribution >= 4 is 17.2 Å². The van der Waals surface area contributed by atoms with Crippen molar-refractivity contribution in [3.05, 3.63) is 89.3 Å². The summed E-state index contributed by atoms with van der Waals surface area (Å²) in [5.41, 5.74) is 7.56. The molecule has 31 heavy (non-hydrogen) atoms. The molecule has 0 radical (unpaired) electrons. The Kier molecular flexibility index (Phi) is 6.14. The van der Waals surface area contributed by atoms with E-state index in [-0.39, 0.29) is 18.6 Å². The van der Waals surface area contributed by atoms with Crippen LogP contribution in [0.3, 0.4) is 0 Å². The molecule has 0 saturated carbocycles. The van der Waals surface area contributed by atoms with Crippen molar-refractivity contribution in [2.75, 3.05) is 19.0 Å². The van der Waals surface area contributed by atoms with Crippen LogP contribution in [0.4, 0.5) is 5.69 Å². The minimum absolute atomic E-state index is 0.140. The third-order valence-corrected chi connectivity index (χ3v) is 5.64. The number of ether oxygens (including phenoxy) is 1. The number of nitrogens with zero attached hydrogens (tertiary/aromatic N) is 1. The number of hydrogen-bond donors (Lipinski definition) is 2. The minimum atomic E-state index is -0.359. The van der Waals surface area contributed by atoms with Crippen LogP contribution in [0.1, 0.15) is 34.8 Å². The number of aliphatic hydroxyl groups is 1. The van der Waals surface area contributed by atoms with E-state index < -0.39 is 0 Å². The molecule has 1 aliphatic heterocycles. The molecule has 1 aromatic heterocycles. The summed E-state index contributed by atoms with van der Waals surface area (Å²) in [5.74, 6) is -0.359. The number of aliphatic hydroxyl groups excluding tert-OH is 1. The standard InChI is InChI=1S/C26H26N2O3/c1-17-25-22(26(30)31-2)16-24(28-23(25)13-14-27-17)21-11-9-20(10-12-21)19-7-5-18(6-8-19)4-3-15-29/h5-14,16,24,28-29H,3-4,15H2,1-2H3. The van der Waals surface area contributed by atoms with Crippen LogP contribution in [0.2, 0.25) is 0 Å². The summed E-state index contributed by atoms with van der Waals surface area (Å²) in [6, 6.07) is 18.5. The van der Waals surface area contributed by atoms with Gasteiger partial charge in [-0.3, -0.25) is 4.98 Å². The molecule has 3 aromatic rings. The van der Waals surface area contributed by atoms with E-state index in [0.29, 0.717) is 5.57 Å². The molecular weight excluding hydrogens is 388 g/mol. The van der Waals surface area contributed by atoms with Crippen LogP contribution in [0.25, 0.3) is 16.7 Å². The van der Waals surface area contributed by atoms with Crippen molar-refractivity contribution in [3.8, 4) is 11.1 Å². The number of carbonyl (C=O) groups excluding carboxylic acids is 1. The first-order chi connectivity index (χ1) is 15.1. The maximum Gasteiger partial charge on any atom is 0.338 e. The van der Waals surface area contributed by atoms with Gasteiger partial charge in [0.15, 0.2) is 0 Å². The van der Waals surface area contributed by atoms with Crippen molar-refractivity contribution < 1.29 is 14.6 Å². The highest BCUT2D eigenvalue weighted by Gasteiger charge is 2.26. The number of esters is 1. The Morgan fingerprint density at radius 1 is 1.06 bits per heavy atom. The highest BCUT2D eigenvalue weighted by Crippen LogP contribution is 2.37. The normalized spacial score (nSPS) is 14.9. The molecule has 4 rings (SSSR count). The molecule has 0 amide bonds. The first kappa shape index (κ1) is 20.8. The van der Waals surface area contributed by atoms with Crippen LogP contribution in [-0.2, 0) is 16.0 Å². The second-order valence-corrected chi connectivity index (χ2v) is 7.66. The lowest BCUT2D eigenvalue weighted by molar-refractivity contribution is -0.133. The average molecular weight is 415 g/mol. The van der Waals surface area contributed by atoms with Crippen LogP contribution in [0.5, 0.6) is 0 Å². The van der Waals surface area contributed by atoms with Gasteiger partial charge in [0.25, 0.3) is 0 Å². The van der Waals surface area contributed by atoms with E-state index in [1.54, 1.807) is 6.20 Å². The van der Waals surface area contributed by atoms with E-state index in [4.69, 9.17) is 9.84 Å². The number of aromatic nitrogens is 1. The second-order valence-electron chi connectivity index (χ2n) is 7.66. The van der Waals surface area contributed by atoms with Gasteiger partial charge in [0.05, 0.1) is 18.7 Å². The fraction of sp³-hybridized carbons (Fsp3) is 0.231. The molecule has 0 saturated heterocycles. The number of nitrogens with one attached hydrogen (secondary N) is 1. The van der Waals surface area contributed by atoms with Crippen LogP contribution in [0.15, 0.2) is 66.9 Å². The van der Waals surface area contributed by atoms with Crippen molar-refractivity contribution in [1.29, 1.82) is 0 Å². The molecule has 0 fully saturated rings. The summed E-state index contributed by atoms with van der Waals surface area (Å²) in [7, 11) is 1.40. The molecule has 2 heterocycles. The lowest BCUT2D eigenvalue weighted by Crippen LogP contribution is -2.19. The summed E-state index contributed by atoms with van der Waals surface area (Å²) in [4.78, 5) is 16.8. The first-order valence-corrected chi connectivity index (χ1v) is 10.4. The zero-order valence-corrected chi connectivity index (χ0v) is 17.8. The Labute approximate surface area is 182 Å². The molecule has 1 aliphatic rings. The number of fused-ring (bicyclic) bond motifs is 1. The van der Waals surface area contributed by atoms with Crippen molar-refractivity contribution in [3.63, 3.8) is 0 Å². The Bertz CT molecular complexity index is 1100. The zero-order chi connectivity index (χ0) is 21.8. The quantitative estimate of drug-likeness (QED) is 0.572. The highest BCUT2D eigenvalue weighted by atomic mass is 16.5. The maximum atomic E-state index is 12.4. The second kappa shape index (κ2) is 9.14. The number of pyridine rings is 1. The molecule has 2 N–H and O–H groups in total. The lowest BCUT2D eigenvalue weighted by atomic mass is 9.92. The van der Waals surface area contributed by atoms with E-state index in [2.05, 4.69) is 58.8 Å². The van der Waals surface area contributed by atoms with E-state index >= 15 is 0 Å². The average Bonchev–Trinajstić information content (AvgIpc) is 2.82.